The number of halogens is 1. The highest BCUT2D eigenvalue weighted by Gasteiger charge is 2.15. The summed E-state index contributed by atoms with van der Waals surface area (Å²) < 4.78 is 15.4. The monoisotopic (exact) mass is 314 g/mol. The molecule has 0 fully saturated rings. The molecule has 1 aromatic carbocycles. The van der Waals surface area contributed by atoms with Crippen LogP contribution < -0.4 is 10.6 Å². The van der Waals surface area contributed by atoms with Gasteiger partial charge in [-0.05, 0) is 39.0 Å². The molecule has 0 aliphatic carbocycles. The molecule has 0 aliphatic heterocycles. The Morgan fingerprint density at radius 3 is 2.78 bits per heavy atom. The summed E-state index contributed by atoms with van der Waals surface area (Å²) >= 11 is 0. The van der Waals surface area contributed by atoms with E-state index < -0.39 is 0 Å². The summed E-state index contributed by atoms with van der Waals surface area (Å²) in [5, 5.41) is 6.25. The van der Waals surface area contributed by atoms with Crippen LogP contribution in [-0.2, 0) is 0 Å². The van der Waals surface area contributed by atoms with E-state index in [-0.39, 0.29) is 11.9 Å². The van der Waals surface area contributed by atoms with Crippen molar-refractivity contribution in [2.45, 2.75) is 26.8 Å². The molecule has 120 valence electrons. The third kappa shape index (κ3) is 3.08. The minimum absolute atomic E-state index is 0.228. The van der Waals surface area contributed by atoms with Gasteiger partial charge in [0.2, 0.25) is 5.95 Å². The van der Waals surface area contributed by atoms with Crippen molar-refractivity contribution in [3.8, 4) is 0 Å². The number of hydrogen-bond donors (Lipinski definition) is 2. The molecule has 0 amide bonds. The fourth-order valence-corrected chi connectivity index (χ4v) is 2.32. The first kappa shape index (κ1) is 15.2. The second-order valence-corrected chi connectivity index (χ2v) is 5.48. The van der Waals surface area contributed by atoms with Crippen LogP contribution in [0, 0.1) is 5.82 Å². The molecule has 2 aromatic heterocycles. The topological polar surface area (TPSA) is 67.7 Å². The van der Waals surface area contributed by atoms with Crippen molar-refractivity contribution in [1.29, 1.82) is 0 Å². The van der Waals surface area contributed by atoms with Crippen LogP contribution in [0.25, 0.3) is 11.2 Å². The molecule has 0 atom stereocenters. The number of rotatable bonds is 5. The van der Waals surface area contributed by atoms with Gasteiger partial charge in [0.25, 0.3) is 0 Å². The summed E-state index contributed by atoms with van der Waals surface area (Å²) in [5.41, 5.74) is 2.01. The number of nitrogens with zero attached hydrogens (tertiary/aromatic N) is 4. The predicted octanol–water partition coefficient (Wildman–Crippen LogP) is 3.72. The van der Waals surface area contributed by atoms with Gasteiger partial charge in [-0.15, -0.1) is 0 Å². The lowest BCUT2D eigenvalue weighted by molar-refractivity contribution is 0.613. The number of benzene rings is 1. The summed E-state index contributed by atoms with van der Waals surface area (Å²) in [6.07, 6.45) is 1.75. The Morgan fingerprint density at radius 2 is 2.09 bits per heavy atom. The van der Waals surface area contributed by atoms with Crippen LogP contribution >= 0.6 is 0 Å². The molecular formula is C16H19FN6. The van der Waals surface area contributed by atoms with Crippen LogP contribution in [0.4, 0.5) is 21.8 Å². The average molecular weight is 314 g/mol. The molecule has 2 heterocycles. The zero-order chi connectivity index (χ0) is 16.4. The number of imidazole rings is 1. The minimum atomic E-state index is -0.306. The van der Waals surface area contributed by atoms with Crippen molar-refractivity contribution >= 4 is 28.6 Å². The maximum atomic E-state index is 13.4. The Labute approximate surface area is 133 Å². The predicted molar refractivity (Wildman–Crippen MR) is 89.6 cm³/mol. The van der Waals surface area contributed by atoms with Crippen molar-refractivity contribution in [1.82, 2.24) is 19.5 Å². The normalized spacial score (nSPS) is 11.2. The molecule has 0 unspecified atom stereocenters. The van der Waals surface area contributed by atoms with E-state index in [0.29, 0.717) is 29.5 Å². The molecule has 0 spiro atoms. The van der Waals surface area contributed by atoms with Gasteiger partial charge in [-0.25, -0.2) is 9.37 Å². The molecule has 0 bridgehead atoms. The number of hydrogen-bond acceptors (Lipinski definition) is 5. The molecule has 2 N–H and O–H groups in total. The summed E-state index contributed by atoms with van der Waals surface area (Å²) in [6, 6.07) is 6.47. The van der Waals surface area contributed by atoms with E-state index in [1.807, 2.05) is 11.5 Å². The van der Waals surface area contributed by atoms with Crippen molar-refractivity contribution in [2.24, 2.45) is 0 Å². The zero-order valence-corrected chi connectivity index (χ0v) is 13.3. The van der Waals surface area contributed by atoms with Gasteiger partial charge in [-0.3, -0.25) is 0 Å². The molecule has 7 heteroatoms. The van der Waals surface area contributed by atoms with Gasteiger partial charge in [0.15, 0.2) is 17.0 Å². The van der Waals surface area contributed by atoms with E-state index in [1.54, 1.807) is 18.5 Å². The maximum Gasteiger partial charge on any atom is 0.226 e. The van der Waals surface area contributed by atoms with Gasteiger partial charge in [0.05, 0.1) is 6.33 Å². The van der Waals surface area contributed by atoms with Crippen molar-refractivity contribution in [2.75, 3.05) is 17.2 Å². The van der Waals surface area contributed by atoms with Gasteiger partial charge in [0.1, 0.15) is 5.82 Å². The number of nitrogens with one attached hydrogen (secondary N) is 2. The van der Waals surface area contributed by atoms with Crippen LogP contribution in [0.15, 0.2) is 30.6 Å². The highest BCUT2D eigenvalue weighted by Crippen LogP contribution is 2.26. The van der Waals surface area contributed by atoms with Crippen LogP contribution in [0.3, 0.4) is 0 Å². The van der Waals surface area contributed by atoms with Gasteiger partial charge in [0, 0.05) is 18.3 Å². The number of fused-ring (bicyclic) bond motifs is 1. The van der Waals surface area contributed by atoms with E-state index in [4.69, 9.17) is 0 Å². The largest absolute Gasteiger partial charge is 0.354 e. The second-order valence-electron chi connectivity index (χ2n) is 5.48. The number of aromatic nitrogens is 4. The number of anilines is 3. The van der Waals surface area contributed by atoms with Crippen molar-refractivity contribution in [3.05, 3.63) is 36.4 Å². The lowest BCUT2D eigenvalue weighted by atomic mass is 10.3. The third-order valence-corrected chi connectivity index (χ3v) is 3.40. The Bertz CT molecular complexity index is 827. The van der Waals surface area contributed by atoms with E-state index in [9.17, 15) is 4.39 Å². The molecule has 0 aliphatic rings. The fraction of sp³-hybridized carbons (Fsp3) is 0.312. The lowest BCUT2D eigenvalue weighted by Gasteiger charge is -2.11. The van der Waals surface area contributed by atoms with E-state index >= 15 is 0 Å². The van der Waals surface area contributed by atoms with Crippen LogP contribution in [0.1, 0.15) is 26.8 Å². The first-order valence-corrected chi connectivity index (χ1v) is 7.59. The van der Waals surface area contributed by atoms with Gasteiger partial charge < -0.3 is 15.2 Å². The van der Waals surface area contributed by atoms with Crippen LogP contribution in [0.5, 0.6) is 0 Å². The summed E-state index contributed by atoms with van der Waals surface area (Å²) in [7, 11) is 0. The molecule has 0 radical (unpaired) electrons. The summed E-state index contributed by atoms with van der Waals surface area (Å²) in [5.74, 6) is 0.761. The second kappa shape index (κ2) is 6.20. The van der Waals surface area contributed by atoms with Crippen molar-refractivity contribution < 1.29 is 4.39 Å². The highest BCUT2D eigenvalue weighted by atomic mass is 19.1. The Morgan fingerprint density at radius 1 is 1.26 bits per heavy atom. The van der Waals surface area contributed by atoms with Gasteiger partial charge in [-0.2, -0.15) is 9.97 Å². The summed E-state index contributed by atoms with van der Waals surface area (Å²) in [6.45, 7) is 6.82. The van der Waals surface area contributed by atoms with Crippen molar-refractivity contribution in [3.63, 3.8) is 0 Å². The van der Waals surface area contributed by atoms with Crippen LogP contribution in [0.2, 0.25) is 0 Å². The maximum absolute atomic E-state index is 13.4. The van der Waals surface area contributed by atoms with E-state index in [2.05, 4.69) is 39.4 Å². The van der Waals surface area contributed by atoms with Crippen LogP contribution in [-0.4, -0.2) is 26.1 Å². The minimum Gasteiger partial charge on any atom is -0.354 e. The summed E-state index contributed by atoms with van der Waals surface area (Å²) in [4.78, 5) is 13.4. The molecule has 6 nitrogen and oxygen atoms in total. The quantitative estimate of drug-likeness (QED) is 0.751. The Kier molecular flexibility index (Phi) is 4.10. The molecule has 0 saturated carbocycles. The standard InChI is InChI=1S/C16H19FN6/c1-4-18-16-21-14(20-12-7-5-6-11(17)8-12)13-15(22-16)23(9-19-13)10(2)3/h5-10H,4H2,1-3H3,(H2,18,20,21,22). The Hall–Kier alpha value is -2.70. The molecular weight excluding hydrogens is 295 g/mol. The average Bonchev–Trinajstić information content (AvgIpc) is 2.92. The van der Waals surface area contributed by atoms with E-state index in [1.165, 1.54) is 12.1 Å². The van der Waals surface area contributed by atoms with Gasteiger partial charge in [-0.1, -0.05) is 6.07 Å². The smallest absolute Gasteiger partial charge is 0.226 e. The lowest BCUT2D eigenvalue weighted by Crippen LogP contribution is -2.07. The fourth-order valence-electron chi connectivity index (χ4n) is 2.32. The van der Waals surface area contributed by atoms with Gasteiger partial charge >= 0.3 is 0 Å². The highest BCUT2D eigenvalue weighted by molar-refractivity contribution is 5.86. The molecule has 3 aromatic rings. The third-order valence-electron chi connectivity index (χ3n) is 3.40. The SMILES string of the molecule is CCNc1nc(Nc2cccc(F)c2)c2ncn(C(C)C)c2n1. The zero-order valence-electron chi connectivity index (χ0n) is 13.3. The Balaban J connectivity index is 2.10. The van der Waals surface area contributed by atoms with E-state index in [0.717, 1.165) is 5.65 Å². The molecule has 23 heavy (non-hydrogen) atoms. The molecule has 0 saturated heterocycles. The first-order chi connectivity index (χ1) is 11.1. The first-order valence-electron chi connectivity index (χ1n) is 7.59. The molecule has 3 rings (SSSR count).